The van der Waals surface area contributed by atoms with Gasteiger partial charge in [-0.15, -0.1) is 0 Å². The third-order valence-electron chi connectivity index (χ3n) is 2.77. The summed E-state index contributed by atoms with van der Waals surface area (Å²) in [6.45, 7) is 1.74. The van der Waals surface area contributed by atoms with Crippen LogP contribution < -0.4 is 14.8 Å². The van der Waals surface area contributed by atoms with E-state index in [1.807, 2.05) is 0 Å². The largest absolute Gasteiger partial charge is 0.454 e. The van der Waals surface area contributed by atoms with Crippen LogP contribution in [-0.2, 0) is 14.3 Å². The molecule has 7 nitrogen and oxygen atoms in total. The van der Waals surface area contributed by atoms with Gasteiger partial charge >= 0.3 is 12.1 Å². The van der Waals surface area contributed by atoms with Crippen LogP contribution >= 0.6 is 0 Å². The molecule has 0 radical (unpaired) electrons. The second-order valence-corrected chi connectivity index (χ2v) is 4.22. The fourth-order valence-electron chi connectivity index (χ4n) is 1.79. The van der Waals surface area contributed by atoms with Gasteiger partial charge in [-0.1, -0.05) is 0 Å². The van der Waals surface area contributed by atoms with Crippen LogP contribution in [-0.4, -0.2) is 25.1 Å². The van der Waals surface area contributed by atoms with Crippen LogP contribution in [0.2, 0.25) is 0 Å². The third-order valence-corrected chi connectivity index (χ3v) is 2.77. The Kier molecular flexibility index (Phi) is 2.94. The highest BCUT2D eigenvalue weighted by Crippen LogP contribution is 2.34. The molecule has 0 saturated carbocycles. The molecular formula is C13H11NO6. The predicted octanol–water partition coefficient (Wildman–Crippen LogP) is 1.79. The highest BCUT2D eigenvalue weighted by Gasteiger charge is 2.25. The number of anilines is 1. The minimum absolute atomic E-state index is 0.158. The van der Waals surface area contributed by atoms with Crippen LogP contribution in [0.4, 0.5) is 10.5 Å². The molecule has 3 rings (SSSR count). The van der Waals surface area contributed by atoms with E-state index >= 15 is 0 Å². The number of amides is 1. The van der Waals surface area contributed by atoms with Crippen LogP contribution in [0.3, 0.4) is 0 Å². The molecule has 0 saturated heterocycles. The molecule has 1 aromatic carbocycles. The topological polar surface area (TPSA) is 83.1 Å². The Bertz CT molecular complexity index is 609. The molecule has 1 aromatic rings. The van der Waals surface area contributed by atoms with Crippen LogP contribution in [0.15, 0.2) is 29.8 Å². The lowest BCUT2D eigenvalue weighted by molar-refractivity contribution is -0.150. The number of ether oxygens (including phenoxy) is 4. The van der Waals surface area contributed by atoms with E-state index in [-0.39, 0.29) is 6.79 Å². The Morgan fingerprint density at radius 2 is 2.15 bits per heavy atom. The first kappa shape index (κ1) is 12.3. The van der Waals surface area contributed by atoms with E-state index in [9.17, 15) is 9.59 Å². The van der Waals surface area contributed by atoms with Gasteiger partial charge in [0.2, 0.25) is 6.79 Å². The SMILES string of the molecule is CC1=CC(OC(=O)Nc2ccc3c(c2)OCO3)OC1=O. The van der Waals surface area contributed by atoms with Gasteiger partial charge in [0.1, 0.15) is 0 Å². The van der Waals surface area contributed by atoms with Gasteiger partial charge in [-0.2, -0.15) is 0 Å². The minimum atomic E-state index is -0.989. The first-order chi connectivity index (χ1) is 9.61. The van der Waals surface area contributed by atoms with Crippen molar-refractivity contribution in [3.63, 3.8) is 0 Å². The quantitative estimate of drug-likeness (QED) is 0.830. The second kappa shape index (κ2) is 4.76. The Morgan fingerprint density at radius 1 is 1.35 bits per heavy atom. The van der Waals surface area contributed by atoms with Gasteiger partial charge in [-0.25, -0.2) is 9.59 Å². The average Bonchev–Trinajstić information content (AvgIpc) is 2.96. The molecule has 1 amide bonds. The minimum Gasteiger partial charge on any atom is -0.454 e. The zero-order valence-corrected chi connectivity index (χ0v) is 10.5. The summed E-state index contributed by atoms with van der Waals surface area (Å²) in [4.78, 5) is 22.8. The molecule has 1 atom stereocenters. The summed E-state index contributed by atoms with van der Waals surface area (Å²) < 4.78 is 20.1. The molecule has 2 heterocycles. The van der Waals surface area contributed by atoms with Crippen molar-refractivity contribution in [3.8, 4) is 11.5 Å². The summed E-state index contributed by atoms with van der Waals surface area (Å²) in [5, 5.41) is 2.51. The zero-order valence-electron chi connectivity index (χ0n) is 10.5. The van der Waals surface area contributed by atoms with Crippen molar-refractivity contribution >= 4 is 17.7 Å². The van der Waals surface area contributed by atoms with Gasteiger partial charge in [0.15, 0.2) is 11.5 Å². The van der Waals surface area contributed by atoms with Crippen molar-refractivity contribution in [3.05, 3.63) is 29.8 Å². The summed E-state index contributed by atoms with van der Waals surface area (Å²) in [5.41, 5.74) is 0.898. The molecule has 2 aliphatic heterocycles. The average molecular weight is 277 g/mol. The maximum atomic E-state index is 11.7. The van der Waals surface area contributed by atoms with Gasteiger partial charge < -0.3 is 18.9 Å². The second-order valence-electron chi connectivity index (χ2n) is 4.22. The zero-order chi connectivity index (χ0) is 14.1. The van der Waals surface area contributed by atoms with Crippen molar-refractivity contribution in [2.75, 3.05) is 12.1 Å². The molecule has 0 aromatic heterocycles. The highest BCUT2D eigenvalue weighted by atomic mass is 16.7. The Morgan fingerprint density at radius 3 is 2.90 bits per heavy atom. The third kappa shape index (κ3) is 2.37. The van der Waals surface area contributed by atoms with E-state index in [1.165, 1.54) is 6.08 Å². The first-order valence-electron chi connectivity index (χ1n) is 5.88. The van der Waals surface area contributed by atoms with E-state index in [2.05, 4.69) is 5.32 Å². The standard InChI is InChI=1S/C13H11NO6/c1-7-4-11(19-12(7)15)20-13(16)14-8-2-3-9-10(5-8)18-6-17-9/h2-5,11H,6H2,1H3,(H,14,16). The molecule has 1 unspecified atom stereocenters. The maximum Gasteiger partial charge on any atom is 0.414 e. The highest BCUT2D eigenvalue weighted by molar-refractivity contribution is 5.91. The Labute approximate surface area is 114 Å². The number of rotatable bonds is 2. The van der Waals surface area contributed by atoms with Gasteiger partial charge in [-0.3, -0.25) is 5.32 Å². The molecule has 0 bridgehead atoms. The van der Waals surface area contributed by atoms with Crippen LogP contribution in [0.25, 0.3) is 0 Å². The number of hydrogen-bond acceptors (Lipinski definition) is 6. The number of fused-ring (bicyclic) bond motifs is 1. The van der Waals surface area contributed by atoms with Crippen LogP contribution in [0.1, 0.15) is 6.92 Å². The molecule has 7 heteroatoms. The van der Waals surface area contributed by atoms with E-state index < -0.39 is 18.4 Å². The lowest BCUT2D eigenvalue weighted by Crippen LogP contribution is -2.22. The molecule has 0 fully saturated rings. The molecule has 0 spiro atoms. The normalized spacial score (nSPS) is 19.4. The van der Waals surface area contributed by atoms with Crippen molar-refractivity contribution < 1.29 is 28.5 Å². The summed E-state index contributed by atoms with van der Waals surface area (Å²) in [5.74, 6) is 0.670. The van der Waals surface area contributed by atoms with Crippen molar-refractivity contribution in [2.45, 2.75) is 13.2 Å². The summed E-state index contributed by atoms with van der Waals surface area (Å²) >= 11 is 0. The lowest BCUT2D eigenvalue weighted by Gasteiger charge is -2.11. The molecular weight excluding hydrogens is 266 g/mol. The lowest BCUT2D eigenvalue weighted by atomic mass is 10.3. The van der Waals surface area contributed by atoms with E-state index in [1.54, 1.807) is 25.1 Å². The predicted molar refractivity (Wildman–Crippen MR) is 66.3 cm³/mol. The smallest absolute Gasteiger partial charge is 0.414 e. The summed E-state index contributed by atoms with van der Waals surface area (Å²) in [6.07, 6.45) is -0.286. The molecule has 2 aliphatic rings. The van der Waals surface area contributed by atoms with Crippen LogP contribution in [0.5, 0.6) is 11.5 Å². The van der Waals surface area contributed by atoms with Crippen molar-refractivity contribution in [2.24, 2.45) is 0 Å². The van der Waals surface area contributed by atoms with Crippen molar-refractivity contribution in [1.82, 2.24) is 0 Å². The summed E-state index contributed by atoms with van der Waals surface area (Å²) in [6, 6.07) is 4.94. The number of esters is 1. The fourth-order valence-corrected chi connectivity index (χ4v) is 1.79. The number of benzene rings is 1. The maximum absolute atomic E-state index is 11.7. The van der Waals surface area contributed by atoms with Gasteiger partial charge in [0.25, 0.3) is 6.29 Å². The number of carbonyl (C=O) groups is 2. The van der Waals surface area contributed by atoms with Gasteiger partial charge in [-0.05, 0) is 19.1 Å². The number of hydrogen-bond donors (Lipinski definition) is 1. The number of nitrogens with one attached hydrogen (secondary N) is 1. The van der Waals surface area contributed by atoms with Gasteiger partial charge in [0.05, 0.1) is 0 Å². The number of cyclic esters (lactones) is 1. The van der Waals surface area contributed by atoms with Crippen molar-refractivity contribution in [1.29, 1.82) is 0 Å². The monoisotopic (exact) mass is 277 g/mol. The molecule has 104 valence electrons. The van der Waals surface area contributed by atoms with E-state index in [0.717, 1.165) is 0 Å². The van der Waals surface area contributed by atoms with Crippen LogP contribution in [0, 0.1) is 0 Å². The first-order valence-corrected chi connectivity index (χ1v) is 5.88. The Balaban J connectivity index is 1.61. The van der Waals surface area contributed by atoms with E-state index in [0.29, 0.717) is 22.8 Å². The molecule has 20 heavy (non-hydrogen) atoms. The van der Waals surface area contributed by atoms with E-state index in [4.69, 9.17) is 18.9 Å². The molecule has 0 aliphatic carbocycles. The van der Waals surface area contributed by atoms with Gasteiger partial charge in [0, 0.05) is 23.4 Å². The molecule has 1 N–H and O–H groups in total. The Hall–Kier alpha value is -2.70. The summed E-state index contributed by atoms with van der Waals surface area (Å²) in [7, 11) is 0. The fraction of sp³-hybridized carbons (Fsp3) is 0.231. The number of carbonyl (C=O) groups excluding carboxylic acids is 2.